The normalized spacial score (nSPS) is 14.0. The number of rotatable bonds is 7. The molecule has 1 N–H and O–H groups in total. The highest BCUT2D eigenvalue weighted by molar-refractivity contribution is 5.96. The Hall–Kier alpha value is -2.55. The number of nitrogens with zero attached hydrogens (tertiary/aromatic N) is 2. The molecule has 1 aromatic heterocycles. The Bertz CT molecular complexity index is 656. The van der Waals surface area contributed by atoms with Crippen molar-refractivity contribution in [1.82, 2.24) is 10.3 Å². The number of aromatic nitrogens is 1. The summed E-state index contributed by atoms with van der Waals surface area (Å²) in [6.45, 7) is 5.20. The van der Waals surface area contributed by atoms with Gasteiger partial charge in [0, 0.05) is 19.3 Å². The molecule has 6 nitrogen and oxygen atoms in total. The van der Waals surface area contributed by atoms with Crippen LogP contribution in [0.2, 0.25) is 0 Å². The minimum Gasteiger partial charge on any atom is -0.452 e. The molecule has 2 heterocycles. The molecule has 0 aromatic carbocycles. The predicted octanol–water partition coefficient (Wildman–Crippen LogP) is 2.15. The zero-order chi connectivity index (χ0) is 18.3. The fraction of sp³-hybridized carbons (Fsp3) is 0.526. The van der Waals surface area contributed by atoms with Crippen molar-refractivity contribution in [2.24, 2.45) is 0 Å². The predicted molar refractivity (Wildman–Crippen MR) is 96.3 cm³/mol. The van der Waals surface area contributed by atoms with Crippen molar-refractivity contribution in [1.29, 1.82) is 0 Å². The van der Waals surface area contributed by atoms with Crippen LogP contribution in [0.15, 0.2) is 18.3 Å². The second-order valence-electron chi connectivity index (χ2n) is 6.13. The highest BCUT2D eigenvalue weighted by Gasteiger charge is 2.26. The lowest BCUT2D eigenvalue weighted by Crippen LogP contribution is -2.48. The number of ether oxygens (including phenoxy) is 1. The number of amides is 1. The molecule has 0 spiro atoms. The molecular weight excluding hydrogens is 318 g/mol. The molecule has 1 saturated heterocycles. The first-order valence-electron chi connectivity index (χ1n) is 8.71. The molecule has 6 heteroatoms. The number of hydrogen-bond donors (Lipinski definition) is 1. The number of nitrogens with one attached hydrogen (secondary N) is 1. The van der Waals surface area contributed by atoms with Gasteiger partial charge in [0.1, 0.15) is 16.9 Å². The smallest absolute Gasteiger partial charge is 0.342 e. The first-order chi connectivity index (χ1) is 12.0. The fourth-order valence-electron chi connectivity index (χ4n) is 2.92. The zero-order valence-corrected chi connectivity index (χ0v) is 14.9. The molecule has 0 atom stereocenters. The Balaban J connectivity index is 1.99. The number of pyridine rings is 1. The van der Waals surface area contributed by atoms with Crippen LogP contribution in [-0.2, 0) is 9.53 Å². The van der Waals surface area contributed by atoms with Crippen LogP contribution in [0.3, 0.4) is 0 Å². The summed E-state index contributed by atoms with van der Waals surface area (Å²) in [6.07, 6.45) is 10.6. The van der Waals surface area contributed by atoms with Gasteiger partial charge in [-0.25, -0.2) is 9.78 Å². The largest absolute Gasteiger partial charge is 0.452 e. The molecule has 1 aliphatic rings. The minimum absolute atomic E-state index is 0.364. The van der Waals surface area contributed by atoms with Crippen LogP contribution in [0.5, 0.6) is 0 Å². The van der Waals surface area contributed by atoms with Gasteiger partial charge in [0.25, 0.3) is 5.91 Å². The molecule has 0 bridgehead atoms. The average molecular weight is 343 g/mol. The van der Waals surface area contributed by atoms with Crippen molar-refractivity contribution in [3.63, 3.8) is 0 Å². The summed E-state index contributed by atoms with van der Waals surface area (Å²) in [5.41, 5.74) is -0.315. The molecule has 0 unspecified atom stereocenters. The first-order valence-corrected chi connectivity index (χ1v) is 8.71. The number of terminal acetylenes is 1. The first kappa shape index (κ1) is 18.8. The monoisotopic (exact) mass is 343 g/mol. The van der Waals surface area contributed by atoms with Crippen LogP contribution in [0.1, 0.15) is 49.9 Å². The van der Waals surface area contributed by atoms with E-state index >= 15 is 0 Å². The summed E-state index contributed by atoms with van der Waals surface area (Å²) in [4.78, 5) is 30.9. The van der Waals surface area contributed by atoms with Crippen molar-refractivity contribution in [2.75, 3.05) is 24.6 Å². The van der Waals surface area contributed by atoms with Gasteiger partial charge in [0.15, 0.2) is 6.61 Å². The quantitative estimate of drug-likeness (QED) is 0.607. The van der Waals surface area contributed by atoms with Gasteiger partial charge in [0.2, 0.25) is 0 Å². The average Bonchev–Trinajstić information content (AvgIpc) is 3.19. The van der Waals surface area contributed by atoms with E-state index in [2.05, 4.69) is 21.1 Å². The van der Waals surface area contributed by atoms with E-state index < -0.39 is 17.4 Å². The topological polar surface area (TPSA) is 71.5 Å². The highest BCUT2D eigenvalue weighted by atomic mass is 16.5. The second kappa shape index (κ2) is 8.52. The Kier molecular flexibility index (Phi) is 6.40. The SMILES string of the molecule is C#CC(CC)(CC)NC(=O)COC(=O)c1cccnc1N1CCCC1. The molecule has 25 heavy (non-hydrogen) atoms. The van der Waals surface area contributed by atoms with Gasteiger partial charge in [0.05, 0.1) is 0 Å². The van der Waals surface area contributed by atoms with Crippen LogP contribution in [0, 0.1) is 12.3 Å². The zero-order valence-electron chi connectivity index (χ0n) is 14.9. The lowest BCUT2D eigenvalue weighted by Gasteiger charge is -2.26. The molecular formula is C19H25N3O3. The molecule has 2 rings (SSSR count). The van der Waals surface area contributed by atoms with Gasteiger partial charge in [-0.3, -0.25) is 4.79 Å². The Morgan fingerprint density at radius 1 is 1.36 bits per heavy atom. The van der Waals surface area contributed by atoms with Gasteiger partial charge in [-0.1, -0.05) is 19.8 Å². The lowest BCUT2D eigenvalue weighted by atomic mass is 9.94. The van der Waals surface area contributed by atoms with E-state index in [0.29, 0.717) is 24.2 Å². The van der Waals surface area contributed by atoms with Crippen LogP contribution in [-0.4, -0.2) is 42.1 Å². The molecule has 1 fully saturated rings. The maximum atomic E-state index is 12.4. The van der Waals surface area contributed by atoms with Crippen LogP contribution >= 0.6 is 0 Å². The van der Waals surface area contributed by atoms with Crippen LogP contribution < -0.4 is 10.2 Å². The van der Waals surface area contributed by atoms with E-state index in [-0.39, 0.29) is 6.61 Å². The van der Waals surface area contributed by atoms with E-state index in [1.807, 2.05) is 13.8 Å². The summed E-state index contributed by atoms with van der Waals surface area (Å²) in [7, 11) is 0. The minimum atomic E-state index is -0.696. The fourth-order valence-corrected chi connectivity index (χ4v) is 2.92. The van der Waals surface area contributed by atoms with E-state index in [1.54, 1.807) is 18.3 Å². The Morgan fingerprint density at radius 2 is 2.04 bits per heavy atom. The van der Waals surface area contributed by atoms with Gasteiger partial charge in [-0.05, 0) is 37.8 Å². The van der Waals surface area contributed by atoms with Crippen LogP contribution in [0.4, 0.5) is 5.82 Å². The summed E-state index contributed by atoms with van der Waals surface area (Å²) >= 11 is 0. The maximum absolute atomic E-state index is 12.4. The van der Waals surface area contributed by atoms with E-state index in [9.17, 15) is 9.59 Å². The van der Waals surface area contributed by atoms with E-state index in [0.717, 1.165) is 25.9 Å². The molecule has 0 radical (unpaired) electrons. The van der Waals surface area contributed by atoms with E-state index in [1.165, 1.54) is 0 Å². The third-order valence-corrected chi connectivity index (χ3v) is 4.61. The molecule has 134 valence electrons. The van der Waals surface area contributed by atoms with Crippen molar-refractivity contribution in [2.45, 2.75) is 45.1 Å². The third-order valence-electron chi connectivity index (χ3n) is 4.61. The number of hydrogen-bond acceptors (Lipinski definition) is 5. The van der Waals surface area contributed by atoms with E-state index in [4.69, 9.17) is 11.2 Å². The third kappa shape index (κ3) is 4.50. The van der Waals surface area contributed by atoms with Crippen LogP contribution in [0.25, 0.3) is 0 Å². The Morgan fingerprint density at radius 3 is 2.64 bits per heavy atom. The van der Waals surface area contributed by atoms with Gasteiger partial charge < -0.3 is 15.0 Å². The van der Waals surface area contributed by atoms with Crippen molar-refractivity contribution in [3.05, 3.63) is 23.9 Å². The summed E-state index contributed by atoms with van der Waals surface area (Å²) in [6, 6.07) is 3.36. The number of carbonyl (C=O) groups excluding carboxylic acids is 2. The lowest BCUT2D eigenvalue weighted by molar-refractivity contribution is -0.125. The van der Waals surface area contributed by atoms with Crippen molar-refractivity contribution < 1.29 is 14.3 Å². The Labute approximate surface area is 148 Å². The second-order valence-corrected chi connectivity index (χ2v) is 6.13. The summed E-state index contributed by atoms with van der Waals surface area (Å²) < 4.78 is 5.18. The number of anilines is 1. The van der Waals surface area contributed by atoms with Crippen molar-refractivity contribution in [3.8, 4) is 12.3 Å². The number of esters is 1. The molecule has 0 saturated carbocycles. The highest BCUT2D eigenvalue weighted by Crippen LogP contribution is 2.22. The van der Waals surface area contributed by atoms with Gasteiger partial charge >= 0.3 is 5.97 Å². The summed E-state index contributed by atoms with van der Waals surface area (Å²) in [5.74, 6) is 2.29. The summed E-state index contributed by atoms with van der Waals surface area (Å²) in [5, 5.41) is 2.78. The molecule has 1 aromatic rings. The van der Waals surface area contributed by atoms with Gasteiger partial charge in [-0.15, -0.1) is 6.42 Å². The molecule has 0 aliphatic carbocycles. The standard InChI is InChI=1S/C19H25N3O3/c1-4-19(5-2,6-3)21-16(23)14-25-18(24)15-10-9-11-20-17(15)22-12-7-8-13-22/h1,9-11H,5-8,12-14H2,2-3H3,(H,21,23). The van der Waals surface area contributed by atoms with Crippen molar-refractivity contribution >= 4 is 17.7 Å². The molecule has 1 aliphatic heterocycles. The molecule has 1 amide bonds. The maximum Gasteiger partial charge on any atom is 0.342 e. The number of carbonyl (C=O) groups is 2. The van der Waals surface area contributed by atoms with Gasteiger partial charge in [-0.2, -0.15) is 0 Å².